The van der Waals surface area contributed by atoms with Crippen LogP contribution in [-0.2, 0) is 0 Å². The van der Waals surface area contributed by atoms with E-state index < -0.39 is 0 Å². The Labute approximate surface area is 69.7 Å². The highest BCUT2D eigenvalue weighted by molar-refractivity contribution is 6.34. The zero-order valence-corrected chi connectivity index (χ0v) is 7.02. The Bertz CT molecular complexity index is 234. The van der Waals surface area contributed by atoms with E-state index in [1.165, 1.54) is 0 Å². The molecule has 0 saturated heterocycles. The molecule has 0 aromatic rings. The number of aliphatic imine (C=N–C) groups is 1. The fourth-order valence-corrected chi connectivity index (χ4v) is 2.14. The van der Waals surface area contributed by atoms with Gasteiger partial charge in [0, 0.05) is 12.1 Å². The lowest BCUT2D eigenvalue weighted by molar-refractivity contribution is 0.911. The van der Waals surface area contributed by atoms with E-state index in [4.69, 9.17) is 23.2 Å². The Balaban J connectivity index is 2.35. The summed E-state index contributed by atoms with van der Waals surface area (Å²) in [4.78, 5) is 3.77. The molecule has 0 aromatic heterocycles. The molecule has 1 heterocycles. The van der Waals surface area contributed by atoms with Gasteiger partial charge in [-0.1, -0.05) is 18.5 Å². The van der Waals surface area contributed by atoms with E-state index in [1.54, 1.807) is 0 Å². The molecular weight excluding hydrogens is 169 g/mol. The molecule has 10 heavy (non-hydrogen) atoms. The third-order valence-corrected chi connectivity index (χ3v) is 3.25. The average Bonchev–Trinajstić information content (AvgIpc) is 2.35. The summed E-state index contributed by atoms with van der Waals surface area (Å²) in [5, 5.41) is 0.524. The molecule has 0 N–H and O–H groups in total. The third kappa shape index (κ3) is 0.678. The van der Waals surface area contributed by atoms with Crippen LogP contribution in [0.5, 0.6) is 0 Å². The van der Waals surface area contributed by atoms with Crippen molar-refractivity contribution < 1.29 is 0 Å². The maximum Gasteiger partial charge on any atom is 0.126 e. The molecule has 1 aliphatic heterocycles. The molecule has 0 amide bonds. The summed E-state index contributed by atoms with van der Waals surface area (Å²) in [7, 11) is 0. The number of hydrogen-bond donors (Lipinski definition) is 0. The van der Waals surface area contributed by atoms with E-state index in [0.29, 0.717) is 17.0 Å². The highest BCUT2D eigenvalue weighted by Crippen LogP contribution is 2.57. The number of alkyl halides is 1. The van der Waals surface area contributed by atoms with Crippen LogP contribution in [0.2, 0.25) is 0 Å². The maximum absolute atomic E-state index is 6.14. The Hall–Kier alpha value is -0.0100. The molecule has 0 spiro atoms. The third-order valence-electron chi connectivity index (χ3n) is 2.34. The minimum Gasteiger partial charge on any atom is -0.249 e. The van der Waals surface area contributed by atoms with Crippen molar-refractivity contribution in [3.8, 4) is 0 Å². The number of halogens is 2. The second-order valence-corrected chi connectivity index (χ2v) is 3.93. The van der Waals surface area contributed by atoms with Crippen molar-refractivity contribution in [1.82, 2.24) is 0 Å². The summed E-state index contributed by atoms with van der Waals surface area (Å²) < 4.78 is 0. The lowest BCUT2D eigenvalue weighted by Crippen LogP contribution is -2.03. The van der Waals surface area contributed by atoms with E-state index in [1.807, 2.05) is 12.3 Å². The van der Waals surface area contributed by atoms with Crippen LogP contribution < -0.4 is 0 Å². The summed E-state index contributed by atoms with van der Waals surface area (Å²) in [5.74, 6) is 0.908. The summed E-state index contributed by atoms with van der Waals surface area (Å²) in [6.45, 7) is 2.11. The van der Waals surface area contributed by atoms with Crippen molar-refractivity contribution in [3.63, 3.8) is 0 Å². The smallest absolute Gasteiger partial charge is 0.126 e. The van der Waals surface area contributed by atoms with E-state index in [0.717, 1.165) is 0 Å². The summed E-state index contributed by atoms with van der Waals surface area (Å²) >= 11 is 11.8. The van der Waals surface area contributed by atoms with Gasteiger partial charge in [0.05, 0.1) is 4.87 Å². The number of nitrogens with zero attached hydrogens (tertiary/aromatic N) is 1. The molecule has 3 heteroatoms. The van der Waals surface area contributed by atoms with Crippen LogP contribution in [0, 0.1) is 11.8 Å². The van der Waals surface area contributed by atoms with E-state index in [9.17, 15) is 0 Å². The van der Waals surface area contributed by atoms with E-state index in [2.05, 4.69) is 11.9 Å². The first-order valence-electron chi connectivity index (χ1n) is 3.26. The maximum atomic E-state index is 6.14. The van der Waals surface area contributed by atoms with Crippen molar-refractivity contribution in [3.05, 3.63) is 11.2 Å². The number of hydrogen-bond acceptors (Lipinski definition) is 1. The van der Waals surface area contributed by atoms with Gasteiger partial charge in [-0.15, -0.1) is 11.6 Å². The van der Waals surface area contributed by atoms with Crippen molar-refractivity contribution in [2.75, 3.05) is 0 Å². The number of rotatable bonds is 0. The molecule has 2 aliphatic rings. The average molecular weight is 176 g/mol. The second kappa shape index (κ2) is 1.77. The Morgan fingerprint density at radius 3 is 2.90 bits per heavy atom. The minimum absolute atomic E-state index is 0.196. The molecule has 3 unspecified atom stereocenters. The predicted molar refractivity (Wildman–Crippen MR) is 43.7 cm³/mol. The molecule has 54 valence electrons. The molecule has 1 nitrogen and oxygen atoms in total. The molecule has 1 saturated carbocycles. The van der Waals surface area contributed by atoms with Gasteiger partial charge in [0.15, 0.2) is 0 Å². The number of fused-ring (bicyclic) bond motifs is 1. The lowest BCUT2D eigenvalue weighted by atomic mass is 10.3. The molecule has 0 radical (unpaired) electrons. The molecular formula is C7H7Cl2N. The van der Waals surface area contributed by atoms with Gasteiger partial charge in [0.1, 0.15) is 5.16 Å². The Morgan fingerprint density at radius 2 is 2.40 bits per heavy atom. The first-order valence-corrected chi connectivity index (χ1v) is 4.01. The molecule has 1 fully saturated rings. The fourth-order valence-electron chi connectivity index (χ4n) is 1.42. The van der Waals surface area contributed by atoms with Crippen LogP contribution >= 0.6 is 23.2 Å². The standard InChI is InChI=1S/C7H7Cl2N/c1-4-5-3-10-6(8)2-7(4,5)9/h2-5H,1H3. The van der Waals surface area contributed by atoms with E-state index >= 15 is 0 Å². The number of allylic oxidation sites excluding steroid dienone is 1. The van der Waals surface area contributed by atoms with Gasteiger partial charge in [-0.2, -0.15) is 0 Å². The summed E-state index contributed by atoms with van der Waals surface area (Å²) in [5.41, 5.74) is 0. The molecule has 0 aromatic carbocycles. The van der Waals surface area contributed by atoms with E-state index in [-0.39, 0.29) is 4.87 Å². The SMILES string of the molecule is CC1C2C=NC(Cl)=CC12Cl. The topological polar surface area (TPSA) is 12.4 Å². The monoisotopic (exact) mass is 175 g/mol. The highest BCUT2D eigenvalue weighted by atomic mass is 35.5. The van der Waals surface area contributed by atoms with Gasteiger partial charge in [-0.3, -0.25) is 0 Å². The van der Waals surface area contributed by atoms with Gasteiger partial charge < -0.3 is 0 Å². The normalized spacial score (nSPS) is 50.1. The zero-order chi connectivity index (χ0) is 7.35. The highest BCUT2D eigenvalue weighted by Gasteiger charge is 2.60. The van der Waals surface area contributed by atoms with Gasteiger partial charge >= 0.3 is 0 Å². The second-order valence-electron chi connectivity index (χ2n) is 2.89. The Kier molecular flexibility index (Phi) is 1.19. The Morgan fingerprint density at radius 1 is 1.70 bits per heavy atom. The van der Waals surface area contributed by atoms with Crippen molar-refractivity contribution in [2.24, 2.45) is 16.8 Å². The van der Waals surface area contributed by atoms with Crippen molar-refractivity contribution in [2.45, 2.75) is 11.8 Å². The van der Waals surface area contributed by atoms with Crippen LogP contribution in [0.25, 0.3) is 0 Å². The van der Waals surface area contributed by atoms with Crippen molar-refractivity contribution >= 4 is 29.4 Å². The summed E-state index contributed by atoms with van der Waals surface area (Å²) in [6, 6.07) is 0. The molecule has 3 atom stereocenters. The molecule has 0 bridgehead atoms. The van der Waals surface area contributed by atoms with Gasteiger partial charge in [-0.25, -0.2) is 4.99 Å². The minimum atomic E-state index is -0.196. The quantitative estimate of drug-likeness (QED) is 0.397. The van der Waals surface area contributed by atoms with Crippen LogP contribution in [0.3, 0.4) is 0 Å². The first-order chi connectivity index (χ1) is 4.64. The van der Waals surface area contributed by atoms with Gasteiger partial charge in [-0.05, 0) is 12.0 Å². The van der Waals surface area contributed by atoms with Gasteiger partial charge in [0.25, 0.3) is 0 Å². The van der Waals surface area contributed by atoms with Crippen LogP contribution in [0.1, 0.15) is 6.92 Å². The van der Waals surface area contributed by atoms with Gasteiger partial charge in [0.2, 0.25) is 0 Å². The van der Waals surface area contributed by atoms with Crippen LogP contribution in [0.4, 0.5) is 0 Å². The largest absolute Gasteiger partial charge is 0.249 e. The zero-order valence-electron chi connectivity index (χ0n) is 5.51. The first kappa shape index (κ1) is 6.68. The molecule has 2 rings (SSSR count). The predicted octanol–water partition coefficient (Wildman–Crippen LogP) is 2.39. The summed E-state index contributed by atoms with van der Waals surface area (Å²) in [6.07, 6.45) is 3.69. The lowest BCUT2D eigenvalue weighted by Gasteiger charge is -2.03. The van der Waals surface area contributed by atoms with Crippen LogP contribution in [0.15, 0.2) is 16.2 Å². The fraction of sp³-hybridized carbons (Fsp3) is 0.571. The van der Waals surface area contributed by atoms with Crippen molar-refractivity contribution in [1.29, 1.82) is 0 Å². The molecule has 1 aliphatic carbocycles. The van der Waals surface area contributed by atoms with Crippen LogP contribution in [-0.4, -0.2) is 11.1 Å².